The maximum Gasteiger partial charge on any atom is 0.305 e. The minimum absolute atomic E-state index is 0.0209. The first-order valence-electron chi connectivity index (χ1n) is 36.1. The molecule has 0 aromatic carbocycles. The van der Waals surface area contributed by atoms with Gasteiger partial charge in [0.25, 0.3) is 0 Å². The molecular formula is C73H141NO5. The fourth-order valence-corrected chi connectivity index (χ4v) is 11.5. The molecule has 0 bridgehead atoms. The van der Waals surface area contributed by atoms with E-state index in [1.807, 2.05) is 6.08 Å². The van der Waals surface area contributed by atoms with Crippen LogP contribution in [0.4, 0.5) is 0 Å². The molecule has 0 heterocycles. The standard InChI is InChI=1S/C73H141NO5/c1-3-5-7-9-11-13-15-17-19-34-39-43-47-51-55-59-63-67-73(78)79-68-64-60-56-52-48-44-40-36-33-31-29-27-25-23-21-22-24-26-28-30-32-35-38-42-46-50-54-58-62-66-72(77)74-70(69-75)71(76)65-61-57-53-49-45-41-37-20-18-16-14-12-10-8-6-4-2/h21,23,61,65,70-71,75-76H,3-20,22,24-60,62-64,66-69H2,1-2H3,(H,74,77)/b23-21-,65-61+. The van der Waals surface area contributed by atoms with Gasteiger partial charge in [0.1, 0.15) is 0 Å². The summed E-state index contributed by atoms with van der Waals surface area (Å²) in [5.41, 5.74) is 0. The summed E-state index contributed by atoms with van der Waals surface area (Å²) in [4.78, 5) is 24.6. The minimum Gasteiger partial charge on any atom is -0.466 e. The van der Waals surface area contributed by atoms with Crippen molar-refractivity contribution in [2.45, 2.75) is 418 Å². The number of unbranched alkanes of at least 4 members (excludes halogenated alkanes) is 55. The predicted molar refractivity (Wildman–Crippen MR) is 347 cm³/mol. The van der Waals surface area contributed by atoms with Gasteiger partial charge >= 0.3 is 5.97 Å². The molecule has 0 spiro atoms. The highest BCUT2D eigenvalue weighted by Gasteiger charge is 2.18. The Kier molecular flexibility index (Phi) is 67.4. The summed E-state index contributed by atoms with van der Waals surface area (Å²) < 4.78 is 5.51. The van der Waals surface area contributed by atoms with Gasteiger partial charge in [-0.05, 0) is 57.8 Å². The van der Waals surface area contributed by atoms with E-state index in [0.717, 1.165) is 38.5 Å². The van der Waals surface area contributed by atoms with Crippen LogP contribution in [0, 0.1) is 0 Å². The molecule has 2 atom stereocenters. The van der Waals surface area contributed by atoms with Gasteiger partial charge in [-0.2, -0.15) is 0 Å². The Morgan fingerprint density at radius 2 is 0.595 bits per heavy atom. The highest BCUT2D eigenvalue weighted by molar-refractivity contribution is 5.76. The third kappa shape index (κ3) is 65.4. The van der Waals surface area contributed by atoms with Crippen molar-refractivity contribution in [3.63, 3.8) is 0 Å². The number of carbonyl (C=O) groups excluding carboxylic acids is 2. The van der Waals surface area contributed by atoms with Crippen molar-refractivity contribution in [3.05, 3.63) is 24.3 Å². The summed E-state index contributed by atoms with van der Waals surface area (Å²) in [5.74, 6) is -0.0434. The molecule has 6 heteroatoms. The van der Waals surface area contributed by atoms with Gasteiger partial charge in [0.2, 0.25) is 5.91 Å². The van der Waals surface area contributed by atoms with Crippen molar-refractivity contribution in [3.8, 4) is 0 Å². The quantitative estimate of drug-likeness (QED) is 0.0320. The Hall–Kier alpha value is -1.66. The number of allylic oxidation sites excluding steroid dienone is 3. The smallest absolute Gasteiger partial charge is 0.305 e. The molecular weight excluding hydrogens is 971 g/mol. The molecule has 0 fully saturated rings. The maximum absolute atomic E-state index is 12.5. The van der Waals surface area contributed by atoms with Crippen LogP contribution in [0.5, 0.6) is 0 Å². The molecule has 0 saturated carbocycles. The lowest BCUT2D eigenvalue weighted by Crippen LogP contribution is -2.45. The molecule has 79 heavy (non-hydrogen) atoms. The van der Waals surface area contributed by atoms with Crippen molar-refractivity contribution in [2.24, 2.45) is 0 Å². The van der Waals surface area contributed by atoms with Crippen molar-refractivity contribution < 1.29 is 24.5 Å². The number of hydrogen-bond donors (Lipinski definition) is 3. The molecule has 6 nitrogen and oxygen atoms in total. The van der Waals surface area contributed by atoms with Gasteiger partial charge in [-0.3, -0.25) is 9.59 Å². The van der Waals surface area contributed by atoms with E-state index in [0.29, 0.717) is 19.4 Å². The van der Waals surface area contributed by atoms with Crippen LogP contribution >= 0.6 is 0 Å². The fourth-order valence-electron chi connectivity index (χ4n) is 11.5. The van der Waals surface area contributed by atoms with Crippen molar-refractivity contribution in [1.82, 2.24) is 5.32 Å². The molecule has 468 valence electrons. The number of carbonyl (C=O) groups is 2. The summed E-state index contributed by atoms with van der Waals surface area (Å²) in [6, 6.07) is -0.627. The van der Waals surface area contributed by atoms with E-state index in [4.69, 9.17) is 4.74 Å². The summed E-state index contributed by atoms with van der Waals surface area (Å²) in [6.07, 6.45) is 86.9. The van der Waals surface area contributed by atoms with Gasteiger partial charge < -0.3 is 20.3 Å². The minimum atomic E-state index is -0.844. The lowest BCUT2D eigenvalue weighted by Gasteiger charge is -2.20. The number of amides is 1. The molecule has 0 aliphatic carbocycles. The number of nitrogens with one attached hydrogen (secondary N) is 1. The van der Waals surface area contributed by atoms with E-state index in [9.17, 15) is 19.8 Å². The zero-order chi connectivity index (χ0) is 57.1. The third-order valence-corrected chi connectivity index (χ3v) is 17.0. The van der Waals surface area contributed by atoms with Crippen LogP contribution in [0.1, 0.15) is 406 Å². The average Bonchev–Trinajstić information content (AvgIpc) is 3.45. The van der Waals surface area contributed by atoms with Crippen LogP contribution < -0.4 is 5.32 Å². The summed E-state index contributed by atoms with van der Waals surface area (Å²) in [6.45, 7) is 4.95. The van der Waals surface area contributed by atoms with Crippen molar-refractivity contribution >= 4 is 11.9 Å². The number of aliphatic hydroxyl groups excluding tert-OH is 2. The molecule has 0 aliphatic heterocycles. The predicted octanol–water partition coefficient (Wildman–Crippen LogP) is 23.3. The fraction of sp³-hybridized carbons (Fsp3) is 0.918. The topological polar surface area (TPSA) is 95.9 Å². The highest BCUT2D eigenvalue weighted by Crippen LogP contribution is 2.19. The van der Waals surface area contributed by atoms with Gasteiger partial charge in [-0.1, -0.05) is 359 Å². The van der Waals surface area contributed by atoms with Crippen LogP contribution in [0.25, 0.3) is 0 Å². The van der Waals surface area contributed by atoms with Crippen LogP contribution in [-0.4, -0.2) is 47.4 Å². The molecule has 2 unspecified atom stereocenters. The number of hydrogen-bond acceptors (Lipinski definition) is 5. The van der Waals surface area contributed by atoms with E-state index in [2.05, 4.69) is 31.3 Å². The van der Waals surface area contributed by atoms with E-state index in [1.54, 1.807) is 6.08 Å². The van der Waals surface area contributed by atoms with Gasteiger partial charge in [0, 0.05) is 12.8 Å². The second kappa shape index (κ2) is 68.8. The number of ether oxygens (including phenoxy) is 1. The Labute approximate surface area is 494 Å². The lowest BCUT2D eigenvalue weighted by atomic mass is 10.0. The second-order valence-corrected chi connectivity index (χ2v) is 24.9. The molecule has 1 amide bonds. The third-order valence-electron chi connectivity index (χ3n) is 17.0. The van der Waals surface area contributed by atoms with Crippen LogP contribution in [-0.2, 0) is 14.3 Å². The lowest BCUT2D eigenvalue weighted by molar-refractivity contribution is -0.143. The Bertz CT molecular complexity index is 1230. The van der Waals surface area contributed by atoms with Crippen LogP contribution in [0.3, 0.4) is 0 Å². The first-order chi connectivity index (χ1) is 39.0. The van der Waals surface area contributed by atoms with Gasteiger partial charge in [-0.25, -0.2) is 0 Å². The number of rotatable bonds is 68. The van der Waals surface area contributed by atoms with Gasteiger partial charge in [-0.15, -0.1) is 0 Å². The highest BCUT2D eigenvalue weighted by atomic mass is 16.5. The van der Waals surface area contributed by atoms with E-state index in [1.165, 1.54) is 340 Å². The summed E-state index contributed by atoms with van der Waals surface area (Å²) in [7, 11) is 0. The van der Waals surface area contributed by atoms with Gasteiger partial charge in [0.05, 0.1) is 25.4 Å². The van der Waals surface area contributed by atoms with Crippen molar-refractivity contribution in [1.29, 1.82) is 0 Å². The summed E-state index contributed by atoms with van der Waals surface area (Å²) in [5, 5.41) is 23.2. The SMILES string of the molecule is CCCCCCCCCCCCCCCC/C=C/C(O)C(CO)NC(=O)CCCCCCCCCCCCCCC/C=C\CCCCCCCCCCCCCCOC(=O)CCCCCCCCCCCCCCCCCCC. The van der Waals surface area contributed by atoms with Crippen molar-refractivity contribution in [2.75, 3.05) is 13.2 Å². The molecule has 3 N–H and O–H groups in total. The maximum atomic E-state index is 12.5. The van der Waals surface area contributed by atoms with E-state index < -0.39 is 12.1 Å². The first kappa shape index (κ1) is 77.3. The normalized spacial score (nSPS) is 12.6. The van der Waals surface area contributed by atoms with Gasteiger partial charge in [0.15, 0.2) is 0 Å². The largest absolute Gasteiger partial charge is 0.466 e. The zero-order valence-corrected chi connectivity index (χ0v) is 53.6. The van der Waals surface area contributed by atoms with E-state index in [-0.39, 0.29) is 18.5 Å². The molecule has 0 rings (SSSR count). The Morgan fingerprint density at radius 1 is 0.342 bits per heavy atom. The first-order valence-corrected chi connectivity index (χ1v) is 36.1. The molecule has 0 aromatic heterocycles. The van der Waals surface area contributed by atoms with Crippen LogP contribution in [0.15, 0.2) is 24.3 Å². The Morgan fingerprint density at radius 3 is 0.899 bits per heavy atom. The molecule has 0 saturated heterocycles. The second-order valence-electron chi connectivity index (χ2n) is 24.9. The monoisotopic (exact) mass is 1110 g/mol. The molecule has 0 aromatic rings. The molecule has 0 aliphatic rings. The number of aliphatic hydroxyl groups is 2. The average molecular weight is 1110 g/mol. The molecule has 0 radical (unpaired) electrons. The van der Waals surface area contributed by atoms with Crippen LogP contribution in [0.2, 0.25) is 0 Å². The zero-order valence-electron chi connectivity index (χ0n) is 53.6. The Balaban J connectivity index is 3.37. The number of esters is 1. The van der Waals surface area contributed by atoms with E-state index >= 15 is 0 Å². The summed E-state index contributed by atoms with van der Waals surface area (Å²) >= 11 is 0.